The number of pyridine rings is 1. The Morgan fingerprint density at radius 1 is 1.05 bits per heavy atom. The van der Waals surface area contributed by atoms with Gasteiger partial charge in [0.25, 0.3) is 0 Å². The minimum Gasteiger partial charge on any atom is -0.304 e. The van der Waals surface area contributed by atoms with Gasteiger partial charge in [-0.25, -0.2) is 0 Å². The molecular weight excluding hydrogens is 280 g/mol. The predicted molar refractivity (Wildman–Crippen MR) is 89.9 cm³/mol. The van der Waals surface area contributed by atoms with Gasteiger partial charge in [0.05, 0.1) is 0 Å². The first-order valence-electron chi connectivity index (χ1n) is 7.35. The second kappa shape index (κ2) is 6.59. The molecule has 1 aromatic carbocycles. The van der Waals surface area contributed by atoms with E-state index in [1.807, 2.05) is 25.1 Å². The number of aryl methyl sites for hydroxylation is 3. The van der Waals surface area contributed by atoms with Crippen molar-refractivity contribution in [1.29, 1.82) is 0 Å². The minimum absolute atomic E-state index is 0.189. The summed E-state index contributed by atoms with van der Waals surface area (Å²) in [6.07, 6.45) is 0. The van der Waals surface area contributed by atoms with Crippen molar-refractivity contribution >= 4 is 11.6 Å². The van der Waals surface area contributed by atoms with Gasteiger partial charge >= 0.3 is 0 Å². The highest BCUT2D eigenvalue weighted by atomic mass is 35.5. The van der Waals surface area contributed by atoms with Crippen LogP contribution in [0, 0.1) is 20.8 Å². The van der Waals surface area contributed by atoms with E-state index in [2.05, 4.69) is 50.1 Å². The molecule has 1 heterocycles. The Kier molecular flexibility index (Phi) is 5.02. The Morgan fingerprint density at radius 2 is 1.71 bits per heavy atom. The summed E-state index contributed by atoms with van der Waals surface area (Å²) in [5.74, 6) is 0. The molecular formula is C18H23ClN2. The summed E-state index contributed by atoms with van der Waals surface area (Å²) in [7, 11) is 0. The lowest BCUT2D eigenvalue weighted by molar-refractivity contribution is 0.490. The molecule has 0 spiro atoms. The first-order valence-corrected chi connectivity index (χ1v) is 7.73. The molecule has 0 amide bonds. The summed E-state index contributed by atoms with van der Waals surface area (Å²) in [5, 5.41) is 4.44. The molecule has 0 fully saturated rings. The van der Waals surface area contributed by atoms with E-state index in [1.165, 1.54) is 11.1 Å². The van der Waals surface area contributed by atoms with E-state index in [1.54, 1.807) is 0 Å². The van der Waals surface area contributed by atoms with E-state index in [9.17, 15) is 0 Å². The lowest BCUT2D eigenvalue weighted by Crippen LogP contribution is -2.24. The lowest BCUT2D eigenvalue weighted by atomic mass is 9.98. The third kappa shape index (κ3) is 3.63. The Hall–Kier alpha value is -1.38. The molecule has 0 saturated heterocycles. The molecule has 1 N–H and O–H groups in total. The largest absolute Gasteiger partial charge is 0.304 e. The zero-order chi connectivity index (χ0) is 15.6. The van der Waals surface area contributed by atoms with Crippen LogP contribution in [0.2, 0.25) is 5.02 Å². The molecule has 112 valence electrons. The summed E-state index contributed by atoms with van der Waals surface area (Å²) >= 11 is 6.28. The van der Waals surface area contributed by atoms with Crippen LogP contribution in [0.4, 0.5) is 0 Å². The average molecular weight is 303 g/mol. The highest BCUT2D eigenvalue weighted by Gasteiger charge is 2.17. The van der Waals surface area contributed by atoms with Crippen LogP contribution in [0.1, 0.15) is 54.0 Å². The molecule has 1 unspecified atom stereocenters. The molecule has 2 rings (SSSR count). The second-order valence-corrected chi connectivity index (χ2v) is 6.12. The minimum atomic E-state index is 0.189. The number of aromatic nitrogens is 1. The van der Waals surface area contributed by atoms with Crippen LogP contribution < -0.4 is 5.32 Å². The molecule has 1 aromatic heterocycles. The second-order valence-electron chi connectivity index (χ2n) is 5.71. The number of halogens is 1. The fraction of sp³-hybridized carbons (Fsp3) is 0.389. The van der Waals surface area contributed by atoms with Crippen LogP contribution in [-0.2, 0) is 0 Å². The normalized spacial score (nSPS) is 14.0. The topological polar surface area (TPSA) is 24.9 Å². The summed E-state index contributed by atoms with van der Waals surface area (Å²) < 4.78 is 0. The third-order valence-electron chi connectivity index (χ3n) is 3.89. The molecule has 0 aliphatic carbocycles. The quantitative estimate of drug-likeness (QED) is 0.852. The maximum absolute atomic E-state index is 6.28. The van der Waals surface area contributed by atoms with Crippen LogP contribution in [0.3, 0.4) is 0 Å². The highest BCUT2D eigenvalue weighted by molar-refractivity contribution is 6.31. The van der Waals surface area contributed by atoms with Crippen molar-refractivity contribution in [2.45, 2.75) is 46.7 Å². The van der Waals surface area contributed by atoms with E-state index in [0.717, 1.165) is 22.0 Å². The van der Waals surface area contributed by atoms with E-state index in [-0.39, 0.29) is 12.1 Å². The number of nitrogens with one attached hydrogen (secondary N) is 1. The van der Waals surface area contributed by atoms with Crippen molar-refractivity contribution in [2.24, 2.45) is 0 Å². The zero-order valence-corrected chi connectivity index (χ0v) is 14.1. The van der Waals surface area contributed by atoms with Gasteiger partial charge in [-0.3, -0.25) is 4.98 Å². The standard InChI is InChI=1S/C18H23ClN2/c1-11-10-12(2)20-14(4)18(11)15(5)21-13(3)16-8-6-7-9-17(16)19/h6-10,13,15,21H,1-5H3/t13-,15?/m1/s1. The first-order chi connectivity index (χ1) is 9.90. The van der Waals surface area contributed by atoms with Gasteiger partial charge in [-0.1, -0.05) is 29.8 Å². The Bertz CT molecular complexity index is 614. The van der Waals surface area contributed by atoms with E-state index in [4.69, 9.17) is 11.6 Å². The van der Waals surface area contributed by atoms with Gasteiger partial charge < -0.3 is 5.32 Å². The molecule has 0 bridgehead atoms. The molecule has 0 radical (unpaired) electrons. The number of benzene rings is 1. The van der Waals surface area contributed by atoms with Crippen LogP contribution in [0.25, 0.3) is 0 Å². The van der Waals surface area contributed by atoms with Crippen molar-refractivity contribution in [3.8, 4) is 0 Å². The smallest absolute Gasteiger partial charge is 0.0453 e. The Balaban J connectivity index is 2.22. The van der Waals surface area contributed by atoms with Crippen LogP contribution in [-0.4, -0.2) is 4.98 Å². The van der Waals surface area contributed by atoms with Crippen molar-refractivity contribution in [2.75, 3.05) is 0 Å². The predicted octanol–water partition coefficient (Wildman–Crippen LogP) is 5.07. The first kappa shape index (κ1) is 16.0. The summed E-state index contributed by atoms with van der Waals surface area (Å²) in [6, 6.07) is 10.5. The van der Waals surface area contributed by atoms with Crippen LogP contribution in [0.5, 0.6) is 0 Å². The van der Waals surface area contributed by atoms with Gasteiger partial charge in [-0.15, -0.1) is 0 Å². The lowest BCUT2D eigenvalue weighted by Gasteiger charge is -2.24. The Labute approximate surface area is 132 Å². The summed E-state index contributed by atoms with van der Waals surface area (Å²) in [4.78, 5) is 4.59. The van der Waals surface area contributed by atoms with Crippen molar-refractivity contribution in [3.05, 3.63) is 63.4 Å². The molecule has 2 nitrogen and oxygen atoms in total. The van der Waals surface area contributed by atoms with Gasteiger partial charge in [0.15, 0.2) is 0 Å². The van der Waals surface area contributed by atoms with Gasteiger partial charge in [-0.2, -0.15) is 0 Å². The third-order valence-corrected chi connectivity index (χ3v) is 4.23. The molecule has 0 aliphatic heterocycles. The van der Waals surface area contributed by atoms with E-state index >= 15 is 0 Å². The number of rotatable bonds is 4. The van der Waals surface area contributed by atoms with Crippen LogP contribution in [0.15, 0.2) is 30.3 Å². The van der Waals surface area contributed by atoms with Gasteiger partial charge in [0, 0.05) is 28.5 Å². The fourth-order valence-corrected chi connectivity index (χ4v) is 3.36. The maximum Gasteiger partial charge on any atom is 0.0453 e. The Morgan fingerprint density at radius 3 is 2.33 bits per heavy atom. The zero-order valence-electron chi connectivity index (χ0n) is 13.4. The van der Waals surface area contributed by atoms with Crippen molar-refractivity contribution in [1.82, 2.24) is 10.3 Å². The number of hydrogen-bond acceptors (Lipinski definition) is 2. The molecule has 21 heavy (non-hydrogen) atoms. The number of hydrogen-bond donors (Lipinski definition) is 1. The fourth-order valence-electron chi connectivity index (χ4n) is 3.06. The van der Waals surface area contributed by atoms with E-state index in [0.29, 0.717) is 0 Å². The maximum atomic E-state index is 6.28. The molecule has 0 saturated carbocycles. The van der Waals surface area contributed by atoms with Crippen molar-refractivity contribution in [3.63, 3.8) is 0 Å². The van der Waals surface area contributed by atoms with Crippen LogP contribution >= 0.6 is 11.6 Å². The summed E-state index contributed by atoms with van der Waals surface area (Å²) in [5.41, 5.74) is 5.85. The molecule has 3 heteroatoms. The molecule has 2 atom stereocenters. The number of nitrogens with zero attached hydrogens (tertiary/aromatic N) is 1. The van der Waals surface area contributed by atoms with Gasteiger partial charge in [0.2, 0.25) is 0 Å². The molecule has 2 aromatic rings. The van der Waals surface area contributed by atoms with Crippen molar-refractivity contribution < 1.29 is 0 Å². The van der Waals surface area contributed by atoms with Gasteiger partial charge in [0.1, 0.15) is 0 Å². The average Bonchev–Trinajstić information content (AvgIpc) is 2.37. The molecule has 0 aliphatic rings. The summed E-state index contributed by atoms with van der Waals surface area (Å²) in [6.45, 7) is 10.6. The highest BCUT2D eigenvalue weighted by Crippen LogP contribution is 2.27. The monoisotopic (exact) mass is 302 g/mol. The van der Waals surface area contributed by atoms with Gasteiger partial charge in [-0.05, 0) is 63.4 Å². The van der Waals surface area contributed by atoms with E-state index < -0.39 is 0 Å². The SMILES string of the molecule is Cc1cc(C)c(C(C)N[C@H](C)c2ccccc2Cl)c(C)n1.